The topological polar surface area (TPSA) is 38.1 Å². The minimum atomic E-state index is 0.302. The van der Waals surface area contributed by atoms with Crippen LogP contribution in [0.2, 0.25) is 0 Å². The molecule has 4 heteroatoms. The van der Waals surface area contributed by atoms with E-state index in [1.54, 1.807) is 18.0 Å². The lowest BCUT2D eigenvalue weighted by Gasteiger charge is -2.16. The summed E-state index contributed by atoms with van der Waals surface area (Å²) < 4.78 is 5.37. The fourth-order valence-electron chi connectivity index (χ4n) is 2.11. The number of hydrogen-bond acceptors (Lipinski definition) is 4. The smallest absolute Gasteiger partial charge is 0.255 e. The molecule has 102 valence electrons. The first-order chi connectivity index (χ1) is 9.08. The maximum Gasteiger partial charge on any atom is 0.255 e. The van der Waals surface area contributed by atoms with Crippen LogP contribution in [0.4, 0.5) is 0 Å². The molecule has 0 radical (unpaired) electrons. The molecular weight excluding hydrogens is 256 g/mol. The van der Waals surface area contributed by atoms with Gasteiger partial charge >= 0.3 is 0 Å². The van der Waals surface area contributed by atoms with Crippen molar-refractivity contribution in [2.24, 2.45) is 0 Å². The van der Waals surface area contributed by atoms with Crippen molar-refractivity contribution in [3.05, 3.63) is 46.8 Å². The summed E-state index contributed by atoms with van der Waals surface area (Å²) in [5.74, 6) is 0.902. The number of aromatic nitrogens is 1. The van der Waals surface area contributed by atoms with E-state index in [0.29, 0.717) is 6.04 Å². The highest BCUT2D eigenvalue weighted by Gasteiger charge is 2.12. The average molecular weight is 276 g/mol. The number of aryl methyl sites for hydroxylation is 3. The van der Waals surface area contributed by atoms with Crippen LogP contribution in [0.3, 0.4) is 0 Å². The van der Waals surface area contributed by atoms with Gasteiger partial charge in [-0.1, -0.05) is 41.1 Å². The molecule has 1 aromatic heterocycles. The van der Waals surface area contributed by atoms with Crippen LogP contribution in [0.25, 0.3) is 0 Å². The summed E-state index contributed by atoms with van der Waals surface area (Å²) in [6.07, 6.45) is 1.69. The van der Waals surface area contributed by atoms with Gasteiger partial charge in [0.1, 0.15) is 6.26 Å². The van der Waals surface area contributed by atoms with Crippen LogP contribution < -0.4 is 5.32 Å². The van der Waals surface area contributed by atoms with Crippen LogP contribution in [-0.2, 0) is 0 Å². The Labute approximate surface area is 118 Å². The monoisotopic (exact) mass is 276 g/mol. The first-order valence-corrected chi connectivity index (χ1v) is 7.37. The first kappa shape index (κ1) is 14.2. The van der Waals surface area contributed by atoms with Crippen LogP contribution in [0, 0.1) is 20.8 Å². The van der Waals surface area contributed by atoms with Crippen molar-refractivity contribution in [1.82, 2.24) is 10.3 Å². The molecule has 0 aliphatic carbocycles. The third-order valence-electron chi connectivity index (χ3n) is 2.97. The van der Waals surface area contributed by atoms with E-state index < -0.39 is 0 Å². The van der Waals surface area contributed by atoms with Crippen molar-refractivity contribution >= 4 is 11.8 Å². The standard InChI is InChI=1S/C15H20N2OS/c1-10-5-11(2)7-13(6-10)14(16-4)9-19-15-17-12(3)8-18-15/h5-8,14,16H,9H2,1-4H3. The minimum Gasteiger partial charge on any atom is -0.440 e. The molecule has 1 atom stereocenters. The van der Waals surface area contributed by atoms with E-state index >= 15 is 0 Å². The maximum atomic E-state index is 5.37. The number of nitrogens with zero attached hydrogens (tertiary/aromatic N) is 1. The molecule has 1 aromatic carbocycles. The predicted molar refractivity (Wildman–Crippen MR) is 79.7 cm³/mol. The molecular formula is C15H20N2OS. The molecule has 19 heavy (non-hydrogen) atoms. The zero-order chi connectivity index (χ0) is 13.8. The van der Waals surface area contributed by atoms with Crippen molar-refractivity contribution in [3.8, 4) is 0 Å². The van der Waals surface area contributed by atoms with E-state index in [2.05, 4.69) is 42.3 Å². The van der Waals surface area contributed by atoms with E-state index in [-0.39, 0.29) is 0 Å². The van der Waals surface area contributed by atoms with Crippen LogP contribution >= 0.6 is 11.8 Å². The predicted octanol–water partition coefficient (Wildman–Crippen LogP) is 3.65. The maximum absolute atomic E-state index is 5.37. The fourth-order valence-corrected chi connectivity index (χ4v) is 3.10. The Morgan fingerprint density at radius 1 is 1.21 bits per heavy atom. The van der Waals surface area contributed by atoms with E-state index in [0.717, 1.165) is 16.7 Å². The third kappa shape index (κ3) is 3.85. The number of benzene rings is 1. The Morgan fingerprint density at radius 3 is 2.42 bits per heavy atom. The van der Waals surface area contributed by atoms with Gasteiger partial charge in [-0.25, -0.2) is 4.98 Å². The zero-order valence-corrected chi connectivity index (χ0v) is 12.7. The Balaban J connectivity index is 2.07. The van der Waals surface area contributed by atoms with Gasteiger partial charge in [-0.15, -0.1) is 0 Å². The number of rotatable bonds is 5. The molecule has 1 unspecified atom stereocenters. The third-order valence-corrected chi connectivity index (χ3v) is 3.90. The number of nitrogens with one attached hydrogen (secondary N) is 1. The lowest BCUT2D eigenvalue weighted by molar-refractivity contribution is 0.453. The molecule has 0 saturated carbocycles. The molecule has 1 heterocycles. The number of oxazole rings is 1. The molecule has 0 amide bonds. The summed E-state index contributed by atoms with van der Waals surface area (Å²) >= 11 is 1.64. The van der Waals surface area contributed by atoms with E-state index in [1.807, 2.05) is 14.0 Å². The fraction of sp³-hybridized carbons (Fsp3) is 0.400. The molecule has 0 fully saturated rings. The van der Waals surface area contributed by atoms with Crippen molar-refractivity contribution < 1.29 is 4.42 Å². The van der Waals surface area contributed by atoms with Crippen molar-refractivity contribution in [3.63, 3.8) is 0 Å². The molecule has 2 aromatic rings. The lowest BCUT2D eigenvalue weighted by atomic mass is 10.0. The molecule has 0 aliphatic rings. The normalized spacial score (nSPS) is 12.6. The summed E-state index contributed by atoms with van der Waals surface area (Å²) in [5.41, 5.74) is 4.84. The van der Waals surface area contributed by atoms with Gasteiger partial charge < -0.3 is 9.73 Å². The van der Waals surface area contributed by atoms with Gasteiger partial charge in [0.25, 0.3) is 5.22 Å². The van der Waals surface area contributed by atoms with Gasteiger partial charge in [0, 0.05) is 11.8 Å². The van der Waals surface area contributed by atoms with Gasteiger partial charge in [-0.3, -0.25) is 0 Å². The molecule has 0 aliphatic heterocycles. The quantitative estimate of drug-likeness (QED) is 0.846. The number of thioether (sulfide) groups is 1. The van der Waals surface area contributed by atoms with Crippen molar-refractivity contribution in [2.75, 3.05) is 12.8 Å². The van der Waals surface area contributed by atoms with Gasteiger partial charge in [-0.2, -0.15) is 0 Å². The van der Waals surface area contributed by atoms with E-state index in [9.17, 15) is 0 Å². The highest BCUT2D eigenvalue weighted by molar-refractivity contribution is 7.99. The first-order valence-electron chi connectivity index (χ1n) is 6.39. The second kappa shape index (κ2) is 6.26. The van der Waals surface area contributed by atoms with Gasteiger partial charge in [0.05, 0.1) is 5.69 Å². The highest BCUT2D eigenvalue weighted by atomic mass is 32.2. The Bertz CT molecular complexity index is 531. The second-order valence-corrected chi connectivity index (χ2v) is 5.80. The summed E-state index contributed by atoms with van der Waals surface area (Å²) in [6, 6.07) is 6.96. The van der Waals surface area contributed by atoms with Gasteiger partial charge in [-0.05, 0) is 33.4 Å². The summed E-state index contributed by atoms with van der Waals surface area (Å²) in [5, 5.41) is 4.10. The minimum absolute atomic E-state index is 0.302. The van der Waals surface area contributed by atoms with Gasteiger partial charge in [0.2, 0.25) is 0 Å². The van der Waals surface area contributed by atoms with Crippen molar-refractivity contribution in [2.45, 2.75) is 32.0 Å². The molecule has 0 spiro atoms. The van der Waals surface area contributed by atoms with Gasteiger partial charge in [0.15, 0.2) is 0 Å². The van der Waals surface area contributed by atoms with Crippen molar-refractivity contribution in [1.29, 1.82) is 0 Å². The Morgan fingerprint density at radius 2 is 1.89 bits per heavy atom. The van der Waals surface area contributed by atoms with E-state index in [1.165, 1.54) is 16.7 Å². The van der Waals surface area contributed by atoms with Crippen LogP contribution in [-0.4, -0.2) is 17.8 Å². The zero-order valence-electron chi connectivity index (χ0n) is 11.9. The number of hydrogen-bond donors (Lipinski definition) is 1. The van der Waals surface area contributed by atoms with E-state index in [4.69, 9.17) is 4.42 Å². The highest BCUT2D eigenvalue weighted by Crippen LogP contribution is 2.25. The second-order valence-electron chi connectivity index (χ2n) is 4.83. The van der Waals surface area contributed by atoms with Crippen LogP contribution in [0.1, 0.15) is 28.4 Å². The largest absolute Gasteiger partial charge is 0.440 e. The van der Waals surface area contributed by atoms with Crippen LogP contribution in [0.5, 0.6) is 0 Å². The molecule has 0 saturated heterocycles. The van der Waals surface area contributed by atoms with Crippen LogP contribution in [0.15, 0.2) is 34.1 Å². The summed E-state index contributed by atoms with van der Waals surface area (Å²) in [4.78, 5) is 4.31. The SMILES string of the molecule is CNC(CSc1nc(C)co1)c1cc(C)cc(C)c1. The Kier molecular flexibility index (Phi) is 4.66. The summed E-state index contributed by atoms with van der Waals surface area (Å²) in [6.45, 7) is 6.20. The summed E-state index contributed by atoms with van der Waals surface area (Å²) in [7, 11) is 1.99. The Hall–Kier alpha value is -1.26. The molecule has 2 rings (SSSR count). The molecule has 1 N–H and O–H groups in total. The molecule has 3 nitrogen and oxygen atoms in total. The molecule has 0 bridgehead atoms. The lowest BCUT2D eigenvalue weighted by Crippen LogP contribution is -2.19. The average Bonchev–Trinajstić information content (AvgIpc) is 2.75.